The number of nitrogens with one attached hydrogen (secondary N) is 1. The van der Waals surface area contributed by atoms with Crippen molar-refractivity contribution in [3.8, 4) is 0 Å². The first-order chi connectivity index (χ1) is 9.56. The summed E-state index contributed by atoms with van der Waals surface area (Å²) in [5.74, 6) is -0.792. The summed E-state index contributed by atoms with van der Waals surface area (Å²) < 4.78 is 0. The smallest absolute Gasteiger partial charge is 0.303 e. The standard InChI is InChI=1S/C15H17NO4/c17-13(2-1-3-14(18)19)10-6-8-12(9-7-10)16-15(20)11-4-5-11/h6-9,11H,1-5H2,(H,16,20)(H,18,19). The molecule has 1 saturated carbocycles. The Morgan fingerprint density at radius 3 is 2.30 bits per heavy atom. The fourth-order valence-electron chi connectivity index (χ4n) is 1.87. The molecular formula is C15H17NO4. The van der Waals surface area contributed by atoms with Crippen molar-refractivity contribution in [2.45, 2.75) is 32.1 Å². The van der Waals surface area contributed by atoms with Crippen molar-refractivity contribution in [1.82, 2.24) is 0 Å². The van der Waals surface area contributed by atoms with Crippen molar-refractivity contribution in [1.29, 1.82) is 0 Å². The average Bonchev–Trinajstić information content (AvgIpc) is 3.23. The zero-order chi connectivity index (χ0) is 14.5. The van der Waals surface area contributed by atoms with E-state index in [1.165, 1.54) is 0 Å². The molecule has 1 fully saturated rings. The van der Waals surface area contributed by atoms with Gasteiger partial charge in [-0.05, 0) is 43.5 Å². The molecule has 5 nitrogen and oxygen atoms in total. The number of benzene rings is 1. The largest absolute Gasteiger partial charge is 0.481 e. The first kappa shape index (κ1) is 14.2. The van der Waals surface area contributed by atoms with Gasteiger partial charge < -0.3 is 10.4 Å². The van der Waals surface area contributed by atoms with Crippen molar-refractivity contribution in [3.05, 3.63) is 29.8 Å². The molecule has 1 amide bonds. The second-order valence-electron chi connectivity index (χ2n) is 5.01. The van der Waals surface area contributed by atoms with E-state index in [9.17, 15) is 14.4 Å². The van der Waals surface area contributed by atoms with Crippen molar-refractivity contribution in [2.24, 2.45) is 5.92 Å². The minimum atomic E-state index is -0.893. The fourth-order valence-corrected chi connectivity index (χ4v) is 1.87. The molecule has 0 atom stereocenters. The quantitative estimate of drug-likeness (QED) is 0.749. The summed E-state index contributed by atoms with van der Waals surface area (Å²) in [6.07, 6.45) is 2.47. The molecule has 0 heterocycles. The number of Topliss-reactive ketones (excluding diaryl/α,β-unsaturated/α-hetero) is 1. The number of aliphatic carboxylic acids is 1. The van der Waals surface area contributed by atoms with E-state index >= 15 is 0 Å². The minimum absolute atomic E-state index is 0.00126. The van der Waals surface area contributed by atoms with E-state index in [4.69, 9.17) is 5.11 Å². The van der Waals surface area contributed by atoms with Gasteiger partial charge in [0.05, 0.1) is 0 Å². The number of carbonyl (C=O) groups excluding carboxylic acids is 2. The number of carboxylic acids is 1. The molecule has 20 heavy (non-hydrogen) atoms. The van der Waals surface area contributed by atoms with Crippen LogP contribution in [0, 0.1) is 5.92 Å². The summed E-state index contributed by atoms with van der Waals surface area (Å²) in [7, 11) is 0. The number of hydrogen-bond acceptors (Lipinski definition) is 3. The molecule has 0 unspecified atom stereocenters. The molecule has 2 N–H and O–H groups in total. The number of rotatable bonds is 7. The number of anilines is 1. The van der Waals surface area contributed by atoms with E-state index in [1.807, 2.05) is 0 Å². The molecule has 0 aromatic heterocycles. The van der Waals surface area contributed by atoms with Crippen LogP contribution < -0.4 is 5.32 Å². The van der Waals surface area contributed by atoms with E-state index in [2.05, 4.69) is 5.32 Å². The van der Waals surface area contributed by atoms with Gasteiger partial charge in [0.15, 0.2) is 5.78 Å². The zero-order valence-electron chi connectivity index (χ0n) is 11.1. The highest BCUT2D eigenvalue weighted by atomic mass is 16.4. The molecule has 0 radical (unpaired) electrons. The molecule has 0 saturated heterocycles. The van der Waals surface area contributed by atoms with Crippen molar-refractivity contribution < 1.29 is 19.5 Å². The Bertz CT molecular complexity index is 517. The first-order valence-electron chi connectivity index (χ1n) is 6.72. The Morgan fingerprint density at radius 1 is 1.10 bits per heavy atom. The maximum absolute atomic E-state index is 11.8. The number of amides is 1. The molecular weight excluding hydrogens is 258 g/mol. The molecule has 106 valence electrons. The highest BCUT2D eigenvalue weighted by Gasteiger charge is 2.29. The lowest BCUT2D eigenvalue weighted by atomic mass is 10.1. The monoisotopic (exact) mass is 275 g/mol. The lowest BCUT2D eigenvalue weighted by molar-refractivity contribution is -0.137. The molecule has 1 aromatic carbocycles. The van der Waals surface area contributed by atoms with Gasteiger partial charge >= 0.3 is 5.97 Å². The SMILES string of the molecule is O=C(O)CCCC(=O)c1ccc(NC(=O)C2CC2)cc1. The summed E-state index contributed by atoms with van der Waals surface area (Å²) in [6.45, 7) is 0. The van der Waals surface area contributed by atoms with Crippen LogP contribution in [0.25, 0.3) is 0 Å². The van der Waals surface area contributed by atoms with E-state index < -0.39 is 5.97 Å². The Hall–Kier alpha value is -2.17. The second kappa shape index (κ2) is 6.32. The molecule has 0 spiro atoms. The van der Waals surface area contributed by atoms with Crippen LogP contribution in [-0.4, -0.2) is 22.8 Å². The lowest BCUT2D eigenvalue weighted by Gasteiger charge is -2.05. The van der Waals surface area contributed by atoms with Crippen LogP contribution in [0.1, 0.15) is 42.5 Å². The molecule has 0 aliphatic heterocycles. The van der Waals surface area contributed by atoms with Gasteiger partial charge in [0.1, 0.15) is 0 Å². The summed E-state index contributed by atoms with van der Waals surface area (Å²) in [6, 6.07) is 6.71. The van der Waals surface area contributed by atoms with Crippen LogP contribution in [-0.2, 0) is 9.59 Å². The highest BCUT2D eigenvalue weighted by Crippen LogP contribution is 2.30. The van der Waals surface area contributed by atoms with Gasteiger partial charge in [-0.2, -0.15) is 0 Å². The lowest BCUT2D eigenvalue weighted by Crippen LogP contribution is -2.13. The average molecular weight is 275 g/mol. The van der Waals surface area contributed by atoms with Crippen molar-refractivity contribution in [3.63, 3.8) is 0 Å². The number of carbonyl (C=O) groups is 3. The number of carboxylic acid groups (broad SMARTS) is 1. The second-order valence-corrected chi connectivity index (χ2v) is 5.01. The van der Waals surface area contributed by atoms with Crippen molar-refractivity contribution >= 4 is 23.3 Å². The highest BCUT2D eigenvalue weighted by molar-refractivity contribution is 5.98. The van der Waals surface area contributed by atoms with Gasteiger partial charge in [-0.3, -0.25) is 14.4 Å². The molecule has 1 aromatic rings. The Balaban J connectivity index is 1.85. The van der Waals surface area contributed by atoms with Gasteiger partial charge in [0.2, 0.25) is 5.91 Å². The van der Waals surface area contributed by atoms with Crippen LogP contribution >= 0.6 is 0 Å². The van der Waals surface area contributed by atoms with Gasteiger partial charge in [0.25, 0.3) is 0 Å². The first-order valence-corrected chi connectivity index (χ1v) is 6.72. The van der Waals surface area contributed by atoms with Crippen LogP contribution in [0.2, 0.25) is 0 Å². The number of hydrogen-bond donors (Lipinski definition) is 2. The summed E-state index contributed by atoms with van der Waals surface area (Å²) in [4.78, 5) is 33.7. The van der Waals surface area contributed by atoms with Crippen LogP contribution in [0.15, 0.2) is 24.3 Å². The Labute approximate surface area is 117 Å². The number of ketones is 1. The third-order valence-electron chi connectivity index (χ3n) is 3.22. The molecule has 2 rings (SSSR count). The molecule has 1 aliphatic rings. The zero-order valence-corrected chi connectivity index (χ0v) is 11.1. The van der Waals surface area contributed by atoms with Gasteiger partial charge in [0, 0.05) is 30.0 Å². The summed E-state index contributed by atoms with van der Waals surface area (Å²) in [5.41, 5.74) is 1.23. The van der Waals surface area contributed by atoms with Crippen LogP contribution in [0.3, 0.4) is 0 Å². The van der Waals surface area contributed by atoms with Crippen molar-refractivity contribution in [2.75, 3.05) is 5.32 Å². The minimum Gasteiger partial charge on any atom is -0.481 e. The molecule has 5 heteroatoms. The third kappa shape index (κ3) is 4.19. The van der Waals surface area contributed by atoms with E-state index in [0.29, 0.717) is 17.7 Å². The van der Waals surface area contributed by atoms with Gasteiger partial charge in [-0.25, -0.2) is 0 Å². The summed E-state index contributed by atoms with van der Waals surface area (Å²) in [5, 5.41) is 11.3. The van der Waals surface area contributed by atoms with Gasteiger partial charge in [-0.15, -0.1) is 0 Å². The Morgan fingerprint density at radius 2 is 1.75 bits per heavy atom. The summed E-state index contributed by atoms with van der Waals surface area (Å²) >= 11 is 0. The van der Waals surface area contributed by atoms with Crippen LogP contribution in [0.5, 0.6) is 0 Å². The fraction of sp³-hybridized carbons (Fsp3) is 0.400. The normalized spacial score (nSPS) is 13.8. The maximum Gasteiger partial charge on any atom is 0.303 e. The molecule has 1 aliphatic carbocycles. The van der Waals surface area contributed by atoms with Crippen LogP contribution in [0.4, 0.5) is 5.69 Å². The topological polar surface area (TPSA) is 83.5 Å². The molecule has 0 bridgehead atoms. The third-order valence-corrected chi connectivity index (χ3v) is 3.22. The van der Waals surface area contributed by atoms with E-state index in [0.717, 1.165) is 12.8 Å². The van der Waals surface area contributed by atoms with E-state index in [-0.39, 0.29) is 30.4 Å². The van der Waals surface area contributed by atoms with Gasteiger partial charge in [-0.1, -0.05) is 0 Å². The predicted octanol–water partition coefficient (Wildman–Crippen LogP) is 2.47. The predicted molar refractivity (Wildman–Crippen MR) is 73.6 cm³/mol. The van der Waals surface area contributed by atoms with E-state index in [1.54, 1.807) is 24.3 Å². The maximum atomic E-state index is 11.8. The Kier molecular flexibility index (Phi) is 4.50.